The molecule has 0 bridgehead atoms. The molecule has 8 heteroatoms. The molecule has 4 nitrogen and oxygen atoms in total. The van der Waals surface area contributed by atoms with E-state index in [0.717, 1.165) is 31.5 Å². The zero-order chi connectivity index (χ0) is 14.9. The van der Waals surface area contributed by atoms with Crippen molar-refractivity contribution in [3.05, 3.63) is 27.4 Å². The average molecular weight is 386 g/mol. The van der Waals surface area contributed by atoms with Gasteiger partial charge in [0.15, 0.2) is 0 Å². The van der Waals surface area contributed by atoms with Crippen molar-refractivity contribution in [1.82, 2.24) is 10.0 Å². The van der Waals surface area contributed by atoms with Crippen molar-refractivity contribution < 1.29 is 12.8 Å². The molecule has 1 aliphatic rings. The second-order valence-electron chi connectivity index (χ2n) is 4.81. The molecule has 112 valence electrons. The fourth-order valence-electron chi connectivity index (χ4n) is 2.25. The smallest absolute Gasteiger partial charge is 0.243 e. The number of nitrogens with one attached hydrogen (secondary N) is 2. The van der Waals surface area contributed by atoms with Crippen LogP contribution >= 0.6 is 27.5 Å². The Balaban J connectivity index is 2.31. The fraction of sp³-hybridized carbons (Fsp3) is 0.500. The number of hydrogen-bond donors (Lipinski definition) is 2. The maximum Gasteiger partial charge on any atom is 0.243 e. The minimum atomic E-state index is -3.81. The second-order valence-corrected chi connectivity index (χ2v) is 7.72. The summed E-state index contributed by atoms with van der Waals surface area (Å²) in [7, 11) is -3.81. The van der Waals surface area contributed by atoms with Gasteiger partial charge in [-0.25, -0.2) is 17.5 Å². The molecule has 2 rings (SSSR count). The van der Waals surface area contributed by atoms with Gasteiger partial charge in [0, 0.05) is 16.6 Å². The van der Waals surface area contributed by atoms with Gasteiger partial charge in [0.2, 0.25) is 10.0 Å². The van der Waals surface area contributed by atoms with E-state index in [9.17, 15) is 12.8 Å². The highest BCUT2D eigenvalue weighted by Gasteiger charge is 2.29. The highest BCUT2D eigenvalue weighted by Crippen LogP contribution is 2.31. The van der Waals surface area contributed by atoms with Crippen molar-refractivity contribution in [3.63, 3.8) is 0 Å². The van der Waals surface area contributed by atoms with E-state index in [4.69, 9.17) is 11.6 Å². The first-order chi connectivity index (χ1) is 9.31. The minimum Gasteiger partial charge on any atom is -0.313 e. The molecule has 0 saturated carbocycles. The Hall–Kier alpha value is -0.210. The van der Waals surface area contributed by atoms with Gasteiger partial charge in [0.25, 0.3) is 0 Å². The van der Waals surface area contributed by atoms with E-state index in [0.29, 0.717) is 0 Å². The van der Waals surface area contributed by atoms with Crippen LogP contribution in [-0.4, -0.2) is 27.0 Å². The molecule has 1 fully saturated rings. The number of halogens is 3. The summed E-state index contributed by atoms with van der Waals surface area (Å²) >= 11 is 8.92. The zero-order valence-electron chi connectivity index (χ0n) is 10.8. The van der Waals surface area contributed by atoms with Gasteiger partial charge in [0.05, 0.1) is 5.02 Å². The lowest BCUT2D eigenvalue weighted by atomic mass is 10.0. The van der Waals surface area contributed by atoms with E-state index in [1.54, 1.807) is 0 Å². The van der Waals surface area contributed by atoms with Gasteiger partial charge in [-0.2, -0.15) is 0 Å². The predicted molar refractivity (Wildman–Crippen MR) is 79.9 cm³/mol. The molecule has 0 radical (unpaired) electrons. The van der Waals surface area contributed by atoms with Crippen LogP contribution in [0.25, 0.3) is 0 Å². The van der Waals surface area contributed by atoms with Gasteiger partial charge >= 0.3 is 0 Å². The Kier molecular flexibility index (Phi) is 5.07. The van der Waals surface area contributed by atoms with Crippen LogP contribution in [0.5, 0.6) is 0 Å². The average Bonchev–Trinajstić information content (AvgIpc) is 2.30. The predicted octanol–water partition coefficient (Wildman–Crippen LogP) is 2.66. The first-order valence-corrected chi connectivity index (χ1v) is 8.87. The van der Waals surface area contributed by atoms with Gasteiger partial charge in [-0.05, 0) is 54.4 Å². The largest absolute Gasteiger partial charge is 0.313 e. The Labute approximate surface area is 131 Å². The van der Waals surface area contributed by atoms with E-state index in [1.807, 2.05) is 6.92 Å². The third kappa shape index (κ3) is 3.51. The standard InChI is InChI=1S/C12H15BrClFN2O2S/c1-7-11(3-2-4-16-7)17-20(18,19)12-9(13)5-8(15)6-10(12)14/h5-7,11,16-17H,2-4H2,1H3. The van der Waals surface area contributed by atoms with E-state index >= 15 is 0 Å². The number of piperidine rings is 1. The third-order valence-electron chi connectivity index (χ3n) is 3.30. The highest BCUT2D eigenvalue weighted by atomic mass is 79.9. The topological polar surface area (TPSA) is 58.2 Å². The maximum absolute atomic E-state index is 13.2. The molecule has 1 heterocycles. The summed E-state index contributed by atoms with van der Waals surface area (Å²) in [5, 5.41) is 3.07. The number of sulfonamides is 1. The molecule has 20 heavy (non-hydrogen) atoms. The number of benzene rings is 1. The highest BCUT2D eigenvalue weighted by molar-refractivity contribution is 9.10. The van der Waals surface area contributed by atoms with Crippen LogP contribution in [0, 0.1) is 5.82 Å². The summed E-state index contributed by atoms with van der Waals surface area (Å²) in [6, 6.07) is 1.91. The Morgan fingerprint density at radius 2 is 2.20 bits per heavy atom. The SMILES string of the molecule is CC1NCCCC1NS(=O)(=O)c1c(Cl)cc(F)cc1Br. The molecule has 2 N–H and O–H groups in total. The van der Waals surface area contributed by atoms with E-state index < -0.39 is 15.8 Å². The normalized spacial score (nSPS) is 23.8. The zero-order valence-corrected chi connectivity index (χ0v) is 13.9. The minimum absolute atomic E-state index is 0.0384. The molecule has 0 spiro atoms. The second kappa shape index (κ2) is 6.27. The van der Waals surface area contributed by atoms with Crippen LogP contribution in [0.15, 0.2) is 21.5 Å². The number of hydrogen-bond acceptors (Lipinski definition) is 3. The monoisotopic (exact) mass is 384 g/mol. The van der Waals surface area contributed by atoms with Gasteiger partial charge in [0.1, 0.15) is 10.7 Å². The van der Waals surface area contributed by atoms with Gasteiger partial charge < -0.3 is 5.32 Å². The van der Waals surface area contributed by atoms with Crippen molar-refractivity contribution in [1.29, 1.82) is 0 Å². The first-order valence-electron chi connectivity index (χ1n) is 6.21. The number of rotatable bonds is 3. The maximum atomic E-state index is 13.2. The van der Waals surface area contributed by atoms with Crippen molar-refractivity contribution in [3.8, 4) is 0 Å². The first kappa shape index (κ1) is 16.2. The fourth-order valence-corrected chi connectivity index (χ4v) is 5.41. The van der Waals surface area contributed by atoms with Crippen molar-refractivity contribution in [2.75, 3.05) is 6.54 Å². The summed E-state index contributed by atoms with van der Waals surface area (Å²) in [5.41, 5.74) is 0. The molecule has 1 aliphatic heterocycles. The summed E-state index contributed by atoms with van der Waals surface area (Å²) < 4.78 is 40.8. The quantitative estimate of drug-likeness (QED) is 0.841. The van der Waals surface area contributed by atoms with Crippen molar-refractivity contribution in [2.24, 2.45) is 0 Å². The van der Waals surface area contributed by atoms with E-state index in [-0.39, 0.29) is 26.5 Å². The van der Waals surface area contributed by atoms with Crippen LogP contribution in [-0.2, 0) is 10.0 Å². The Morgan fingerprint density at radius 3 is 2.80 bits per heavy atom. The molecular weight excluding hydrogens is 371 g/mol. The van der Waals surface area contributed by atoms with Crippen LogP contribution in [0.2, 0.25) is 5.02 Å². The van der Waals surface area contributed by atoms with Crippen LogP contribution in [0.4, 0.5) is 4.39 Å². The van der Waals surface area contributed by atoms with Crippen LogP contribution < -0.4 is 10.0 Å². The third-order valence-corrected chi connectivity index (χ3v) is 6.19. The summed E-state index contributed by atoms with van der Waals surface area (Å²) in [6.07, 6.45) is 1.65. The molecule has 0 aliphatic carbocycles. The Bertz CT molecular complexity index is 588. The Morgan fingerprint density at radius 1 is 1.50 bits per heavy atom. The molecule has 0 aromatic heterocycles. The van der Waals surface area contributed by atoms with Crippen molar-refractivity contribution >= 4 is 37.6 Å². The summed E-state index contributed by atoms with van der Waals surface area (Å²) in [5.74, 6) is -0.589. The molecule has 2 atom stereocenters. The summed E-state index contributed by atoms with van der Waals surface area (Å²) in [6.45, 7) is 2.80. The lowest BCUT2D eigenvalue weighted by Crippen LogP contribution is -2.51. The lowest BCUT2D eigenvalue weighted by molar-refractivity contribution is 0.348. The molecule has 0 amide bonds. The van der Waals surface area contributed by atoms with E-state index in [2.05, 4.69) is 26.0 Å². The van der Waals surface area contributed by atoms with Gasteiger partial charge in [-0.3, -0.25) is 0 Å². The molecule has 1 aromatic carbocycles. The summed E-state index contributed by atoms with van der Waals surface area (Å²) in [4.78, 5) is -0.127. The van der Waals surface area contributed by atoms with Crippen LogP contribution in [0.3, 0.4) is 0 Å². The molecule has 1 aromatic rings. The molecule has 1 saturated heterocycles. The lowest BCUT2D eigenvalue weighted by Gasteiger charge is -2.30. The van der Waals surface area contributed by atoms with E-state index in [1.165, 1.54) is 0 Å². The van der Waals surface area contributed by atoms with Crippen molar-refractivity contribution in [2.45, 2.75) is 36.7 Å². The van der Waals surface area contributed by atoms with Gasteiger partial charge in [-0.1, -0.05) is 11.6 Å². The van der Waals surface area contributed by atoms with Crippen LogP contribution in [0.1, 0.15) is 19.8 Å². The van der Waals surface area contributed by atoms with Gasteiger partial charge in [-0.15, -0.1) is 0 Å². The molecular formula is C12H15BrClFN2O2S. The molecule has 2 unspecified atom stereocenters.